The van der Waals surface area contributed by atoms with Crippen LogP contribution in [0.5, 0.6) is 0 Å². The van der Waals surface area contributed by atoms with Crippen molar-refractivity contribution in [3.05, 3.63) is 24.1 Å². The number of Topliss-reactive ketones (excluding diaryl/α,β-unsaturated/α-hetero) is 1. The molecule has 0 amide bonds. The van der Waals surface area contributed by atoms with E-state index >= 15 is 0 Å². The second-order valence-electron chi connectivity index (χ2n) is 3.12. The highest BCUT2D eigenvalue weighted by atomic mass is 35.7. The minimum Gasteiger partial charge on any atom is -0.432 e. The fourth-order valence-electron chi connectivity index (χ4n) is 1.27. The Morgan fingerprint density at radius 1 is 1.44 bits per heavy atom. The summed E-state index contributed by atoms with van der Waals surface area (Å²) in [7, 11) is 1.31. The van der Waals surface area contributed by atoms with E-state index in [-0.39, 0.29) is 27.7 Å². The summed E-state index contributed by atoms with van der Waals surface area (Å²) in [4.78, 5) is 14.7. The van der Waals surface area contributed by atoms with Gasteiger partial charge in [-0.2, -0.15) is 0 Å². The van der Waals surface area contributed by atoms with E-state index in [9.17, 15) is 13.2 Å². The van der Waals surface area contributed by atoms with E-state index in [4.69, 9.17) is 15.1 Å². The van der Waals surface area contributed by atoms with Gasteiger partial charge in [-0.1, -0.05) is 6.07 Å². The largest absolute Gasteiger partial charge is 0.432 e. The smallest absolute Gasteiger partial charge is 0.265 e. The van der Waals surface area contributed by atoms with Gasteiger partial charge in [0, 0.05) is 17.6 Å². The second-order valence-corrected chi connectivity index (χ2v) is 5.65. The SMILES string of the molecule is CC(=O)c1nc2cccc(S(=O)(=O)Cl)c2o1. The average molecular weight is 260 g/mol. The minimum absolute atomic E-state index is 0.00250. The van der Waals surface area contributed by atoms with Gasteiger partial charge in [-0.15, -0.1) is 0 Å². The van der Waals surface area contributed by atoms with Crippen molar-refractivity contribution in [1.29, 1.82) is 0 Å². The van der Waals surface area contributed by atoms with E-state index < -0.39 is 9.05 Å². The van der Waals surface area contributed by atoms with Gasteiger partial charge in [-0.3, -0.25) is 4.79 Å². The Morgan fingerprint density at radius 2 is 2.12 bits per heavy atom. The first-order valence-corrected chi connectivity index (χ1v) is 6.55. The molecule has 84 valence electrons. The molecule has 1 heterocycles. The van der Waals surface area contributed by atoms with Gasteiger partial charge in [-0.25, -0.2) is 13.4 Å². The second kappa shape index (κ2) is 3.57. The Balaban J connectivity index is 2.83. The summed E-state index contributed by atoms with van der Waals surface area (Å²) in [6.45, 7) is 1.28. The molecule has 16 heavy (non-hydrogen) atoms. The normalized spacial score (nSPS) is 11.9. The third-order valence-electron chi connectivity index (χ3n) is 1.94. The first kappa shape index (κ1) is 11.1. The summed E-state index contributed by atoms with van der Waals surface area (Å²) in [5, 5.41) is 0. The molecule has 0 radical (unpaired) electrons. The number of nitrogens with zero attached hydrogens (tertiary/aromatic N) is 1. The molecule has 0 atom stereocenters. The van der Waals surface area contributed by atoms with Crippen molar-refractivity contribution in [2.24, 2.45) is 0 Å². The van der Waals surface area contributed by atoms with Crippen LogP contribution in [-0.2, 0) is 9.05 Å². The summed E-state index contributed by atoms with van der Waals surface area (Å²) in [5.74, 6) is -0.517. The van der Waals surface area contributed by atoms with Gasteiger partial charge in [0.05, 0.1) is 0 Å². The van der Waals surface area contributed by atoms with Crippen LogP contribution >= 0.6 is 10.7 Å². The average Bonchev–Trinajstić information content (AvgIpc) is 2.58. The van der Waals surface area contributed by atoms with Crippen molar-refractivity contribution in [2.75, 3.05) is 0 Å². The molecule has 0 aliphatic heterocycles. The molecule has 1 aromatic carbocycles. The van der Waals surface area contributed by atoms with Crippen molar-refractivity contribution in [3.63, 3.8) is 0 Å². The first-order valence-electron chi connectivity index (χ1n) is 4.25. The summed E-state index contributed by atoms with van der Waals surface area (Å²) in [6, 6.07) is 4.31. The van der Waals surface area contributed by atoms with Gasteiger partial charge >= 0.3 is 0 Å². The summed E-state index contributed by atoms with van der Waals surface area (Å²) in [5.41, 5.74) is 0.287. The van der Waals surface area contributed by atoms with E-state index in [0.717, 1.165) is 0 Å². The van der Waals surface area contributed by atoms with Crippen LogP contribution < -0.4 is 0 Å². The number of hydrogen-bond donors (Lipinski definition) is 0. The number of rotatable bonds is 2. The van der Waals surface area contributed by atoms with Gasteiger partial charge < -0.3 is 4.42 Å². The number of carbonyl (C=O) groups is 1. The van der Waals surface area contributed by atoms with Gasteiger partial charge in [0.25, 0.3) is 14.9 Å². The number of benzene rings is 1. The lowest BCUT2D eigenvalue weighted by atomic mass is 10.3. The van der Waals surface area contributed by atoms with Crippen molar-refractivity contribution in [2.45, 2.75) is 11.8 Å². The highest BCUT2D eigenvalue weighted by Crippen LogP contribution is 2.26. The molecule has 1 aromatic heterocycles. The van der Waals surface area contributed by atoms with Crippen LogP contribution in [0.2, 0.25) is 0 Å². The maximum absolute atomic E-state index is 11.2. The third-order valence-corrected chi connectivity index (χ3v) is 3.29. The Labute approximate surface area is 95.5 Å². The molecule has 0 unspecified atom stereocenters. The van der Waals surface area contributed by atoms with Crippen LogP contribution in [0.3, 0.4) is 0 Å². The fourth-order valence-corrected chi connectivity index (χ4v) is 2.24. The van der Waals surface area contributed by atoms with Gasteiger partial charge in [0.1, 0.15) is 10.4 Å². The highest BCUT2D eigenvalue weighted by molar-refractivity contribution is 8.13. The number of hydrogen-bond acceptors (Lipinski definition) is 5. The third kappa shape index (κ3) is 1.81. The van der Waals surface area contributed by atoms with Crippen molar-refractivity contribution in [3.8, 4) is 0 Å². The number of oxazole rings is 1. The topological polar surface area (TPSA) is 77.2 Å². The van der Waals surface area contributed by atoms with Crippen molar-refractivity contribution >= 4 is 36.6 Å². The zero-order valence-electron chi connectivity index (χ0n) is 8.10. The summed E-state index contributed by atoms with van der Waals surface area (Å²) in [6.07, 6.45) is 0. The predicted octanol–water partition coefficient (Wildman–Crippen LogP) is 1.96. The fraction of sp³-hybridized carbons (Fsp3) is 0.111. The number of ketones is 1. The van der Waals surface area contributed by atoms with Crippen LogP contribution in [-0.4, -0.2) is 19.2 Å². The van der Waals surface area contributed by atoms with Crippen LogP contribution in [0.4, 0.5) is 0 Å². The maximum atomic E-state index is 11.2. The van der Waals surface area contributed by atoms with E-state index in [1.54, 1.807) is 0 Å². The Morgan fingerprint density at radius 3 is 2.69 bits per heavy atom. The van der Waals surface area contributed by atoms with Crippen LogP contribution in [0, 0.1) is 0 Å². The van der Waals surface area contributed by atoms with E-state index in [1.807, 2.05) is 0 Å². The van der Waals surface area contributed by atoms with Crippen LogP contribution in [0.25, 0.3) is 11.1 Å². The lowest BCUT2D eigenvalue weighted by molar-refractivity contribution is 0.0982. The standard InChI is InChI=1S/C9H6ClNO4S/c1-5(12)9-11-6-3-2-4-7(8(6)15-9)16(10,13)14/h2-4H,1H3. The molecule has 2 rings (SSSR count). The molecule has 0 aliphatic rings. The number of halogens is 1. The van der Waals surface area contributed by atoms with Gasteiger partial charge in [0.15, 0.2) is 5.58 Å². The first-order chi connectivity index (χ1) is 7.39. The molecular weight excluding hydrogens is 254 g/mol. The molecule has 0 N–H and O–H groups in total. The summed E-state index contributed by atoms with van der Waals surface area (Å²) < 4.78 is 27.5. The summed E-state index contributed by atoms with van der Waals surface area (Å²) >= 11 is 0. The van der Waals surface area contributed by atoms with Gasteiger partial charge in [-0.05, 0) is 12.1 Å². The number of para-hydroxylation sites is 1. The van der Waals surface area contributed by atoms with E-state index in [0.29, 0.717) is 0 Å². The van der Waals surface area contributed by atoms with Crippen LogP contribution in [0.15, 0.2) is 27.5 Å². The number of carbonyl (C=O) groups excluding carboxylic acids is 1. The molecule has 0 bridgehead atoms. The highest BCUT2D eigenvalue weighted by Gasteiger charge is 2.19. The molecule has 0 saturated heterocycles. The molecule has 0 aliphatic carbocycles. The van der Waals surface area contributed by atoms with E-state index in [1.165, 1.54) is 25.1 Å². The molecule has 7 heteroatoms. The minimum atomic E-state index is -3.91. The molecule has 5 nitrogen and oxygen atoms in total. The van der Waals surface area contributed by atoms with Crippen LogP contribution in [0.1, 0.15) is 17.6 Å². The Bertz CT molecular complexity index is 674. The quantitative estimate of drug-likeness (QED) is 0.609. The molecule has 2 aromatic rings. The Hall–Kier alpha value is -1.40. The maximum Gasteiger partial charge on any atom is 0.265 e. The molecule has 0 saturated carbocycles. The predicted molar refractivity (Wildman–Crippen MR) is 57.1 cm³/mol. The van der Waals surface area contributed by atoms with Gasteiger partial charge in [0.2, 0.25) is 5.78 Å². The lowest BCUT2D eigenvalue weighted by Crippen LogP contribution is -1.90. The lowest BCUT2D eigenvalue weighted by Gasteiger charge is -1.94. The zero-order chi connectivity index (χ0) is 11.9. The molecule has 0 fully saturated rings. The van der Waals surface area contributed by atoms with E-state index in [2.05, 4.69) is 4.98 Å². The number of aromatic nitrogens is 1. The monoisotopic (exact) mass is 259 g/mol. The number of fused-ring (bicyclic) bond motifs is 1. The van der Waals surface area contributed by atoms with Crippen molar-refractivity contribution in [1.82, 2.24) is 4.98 Å². The molecule has 0 spiro atoms. The van der Waals surface area contributed by atoms with Crippen molar-refractivity contribution < 1.29 is 17.6 Å². The Kier molecular flexibility index (Phi) is 2.47. The molecular formula is C9H6ClNO4S. The zero-order valence-corrected chi connectivity index (χ0v) is 9.67.